The molecule has 7 nitrogen and oxygen atoms in total. The number of carbonyl (C=O) groups excluding carboxylic acids is 2. The second kappa shape index (κ2) is 8.72. The molecule has 2 amide bonds. The van der Waals surface area contributed by atoms with Gasteiger partial charge in [-0.1, -0.05) is 50.8 Å². The first-order chi connectivity index (χ1) is 16.2. The maximum atomic E-state index is 12.9. The zero-order valence-electron chi connectivity index (χ0n) is 20.4. The average Bonchev–Trinajstić information content (AvgIpc) is 3.42. The van der Waals surface area contributed by atoms with Gasteiger partial charge in [0.1, 0.15) is 6.10 Å². The molecule has 2 bridgehead atoms. The normalized spacial score (nSPS) is 34.1. The van der Waals surface area contributed by atoms with Gasteiger partial charge in [0.15, 0.2) is 0 Å². The molecule has 0 radical (unpaired) electrons. The number of carbonyl (C=O) groups is 2. The van der Waals surface area contributed by atoms with Gasteiger partial charge in [0, 0.05) is 13.0 Å². The first kappa shape index (κ1) is 23.4. The van der Waals surface area contributed by atoms with Gasteiger partial charge >= 0.3 is 13.2 Å². The molecule has 2 aliphatic heterocycles. The van der Waals surface area contributed by atoms with Crippen LogP contribution in [0.15, 0.2) is 43.0 Å². The predicted octanol–water partition coefficient (Wildman–Crippen LogP) is 3.38. The monoisotopic (exact) mass is 466 g/mol. The van der Waals surface area contributed by atoms with Crippen LogP contribution in [0.4, 0.5) is 4.79 Å². The highest BCUT2D eigenvalue weighted by Crippen LogP contribution is 2.64. The van der Waals surface area contributed by atoms with Crippen LogP contribution in [0.2, 0.25) is 0 Å². The average molecular weight is 466 g/mol. The van der Waals surface area contributed by atoms with Crippen LogP contribution in [0.1, 0.15) is 45.6 Å². The van der Waals surface area contributed by atoms with Crippen molar-refractivity contribution in [1.29, 1.82) is 0 Å². The molecule has 182 valence electrons. The molecule has 5 aliphatic rings. The summed E-state index contributed by atoms with van der Waals surface area (Å²) in [7, 11) is -0.541. The molecule has 1 unspecified atom stereocenters. The lowest BCUT2D eigenvalue weighted by molar-refractivity contribution is -0.185. The van der Waals surface area contributed by atoms with Gasteiger partial charge in [-0.15, -0.1) is 0 Å². The van der Waals surface area contributed by atoms with E-state index in [1.54, 1.807) is 4.90 Å². The van der Waals surface area contributed by atoms with Gasteiger partial charge in [0.25, 0.3) is 0 Å². The second-order valence-corrected chi connectivity index (χ2v) is 11.2. The molecule has 1 aromatic rings. The van der Waals surface area contributed by atoms with Gasteiger partial charge in [0.2, 0.25) is 5.91 Å². The number of alkyl carbamates (subject to hydrolysis) is 1. The molecule has 34 heavy (non-hydrogen) atoms. The van der Waals surface area contributed by atoms with Crippen LogP contribution < -0.4 is 5.32 Å². The van der Waals surface area contributed by atoms with Crippen molar-refractivity contribution in [2.75, 3.05) is 13.1 Å². The number of hydrogen-bond acceptors (Lipinski definition) is 5. The van der Waals surface area contributed by atoms with E-state index in [2.05, 4.69) is 32.7 Å². The lowest BCUT2D eigenvalue weighted by Gasteiger charge is -2.63. The van der Waals surface area contributed by atoms with Crippen molar-refractivity contribution < 1.29 is 23.6 Å². The first-order valence-electron chi connectivity index (χ1n) is 12.5. The Bertz CT molecular complexity index is 956. The minimum atomic E-state index is -0.541. The van der Waals surface area contributed by atoms with Crippen molar-refractivity contribution in [3.05, 3.63) is 48.6 Å². The molecule has 5 fully saturated rings. The van der Waals surface area contributed by atoms with E-state index in [9.17, 15) is 9.59 Å². The van der Waals surface area contributed by atoms with Gasteiger partial charge in [-0.3, -0.25) is 4.79 Å². The van der Waals surface area contributed by atoms with E-state index >= 15 is 0 Å². The smallest absolute Gasteiger partial charge is 0.444 e. The van der Waals surface area contributed by atoms with Gasteiger partial charge in [-0.25, -0.2) is 4.79 Å². The predicted molar refractivity (Wildman–Crippen MR) is 129 cm³/mol. The molecule has 6 rings (SSSR count). The van der Waals surface area contributed by atoms with Gasteiger partial charge in [0.05, 0.1) is 24.2 Å². The number of nitrogens with one attached hydrogen (secondary N) is 1. The van der Waals surface area contributed by atoms with Crippen molar-refractivity contribution in [2.45, 2.75) is 70.2 Å². The van der Waals surface area contributed by atoms with Crippen LogP contribution in [0.5, 0.6) is 0 Å². The van der Waals surface area contributed by atoms with Crippen LogP contribution >= 0.6 is 0 Å². The molecule has 1 aromatic carbocycles. The van der Waals surface area contributed by atoms with E-state index < -0.39 is 13.2 Å². The summed E-state index contributed by atoms with van der Waals surface area (Å²) in [5.41, 5.74) is 1.03. The summed E-state index contributed by atoms with van der Waals surface area (Å²) in [6.45, 7) is 11.3. The zero-order valence-corrected chi connectivity index (χ0v) is 20.4. The summed E-state index contributed by atoms with van der Waals surface area (Å²) >= 11 is 0. The fourth-order valence-electron chi connectivity index (χ4n) is 6.49. The number of amides is 2. The Morgan fingerprint density at radius 3 is 2.79 bits per heavy atom. The van der Waals surface area contributed by atoms with Crippen molar-refractivity contribution in [3.8, 4) is 0 Å². The number of nitrogens with zero attached hydrogens (tertiary/aromatic N) is 1. The third-order valence-electron chi connectivity index (χ3n) is 8.67. The lowest BCUT2D eigenvalue weighted by Crippen LogP contribution is -2.63. The Balaban J connectivity index is 1.27. The summed E-state index contributed by atoms with van der Waals surface area (Å²) in [4.78, 5) is 26.4. The highest BCUT2D eigenvalue weighted by Gasteiger charge is 2.67. The van der Waals surface area contributed by atoms with Crippen molar-refractivity contribution in [2.24, 2.45) is 17.3 Å². The van der Waals surface area contributed by atoms with E-state index in [1.807, 2.05) is 30.3 Å². The molecule has 0 aromatic heterocycles. The topological polar surface area (TPSA) is 77.1 Å². The van der Waals surface area contributed by atoms with E-state index in [0.717, 1.165) is 12.0 Å². The zero-order chi connectivity index (χ0) is 24.1. The minimum Gasteiger partial charge on any atom is -0.444 e. The Labute approximate surface area is 202 Å². The number of hydrogen-bond donors (Lipinski definition) is 1. The molecular weight excluding hydrogens is 431 g/mol. The first-order valence-corrected chi connectivity index (χ1v) is 12.5. The molecular formula is C26H35BN2O5. The molecule has 2 saturated heterocycles. The van der Waals surface area contributed by atoms with Gasteiger partial charge in [-0.2, -0.15) is 0 Å². The summed E-state index contributed by atoms with van der Waals surface area (Å²) in [5, 5.41) is 3.03. The highest BCUT2D eigenvalue weighted by molar-refractivity contribution is 6.47. The third-order valence-corrected chi connectivity index (χ3v) is 8.67. The van der Waals surface area contributed by atoms with Gasteiger partial charge < -0.3 is 24.3 Å². The molecule has 8 heteroatoms. The van der Waals surface area contributed by atoms with Crippen LogP contribution in [0, 0.1) is 17.3 Å². The van der Waals surface area contributed by atoms with Crippen LogP contribution in [-0.4, -0.2) is 60.9 Å². The summed E-state index contributed by atoms with van der Waals surface area (Å²) in [5.74, 6) is 0.593. The number of rotatable bonds is 6. The summed E-state index contributed by atoms with van der Waals surface area (Å²) in [6.07, 6.45) is 3.84. The van der Waals surface area contributed by atoms with E-state index in [1.165, 1.54) is 12.5 Å². The molecule has 2 heterocycles. The Hall–Kier alpha value is -2.32. The maximum Gasteiger partial charge on any atom is 0.482 e. The molecule has 0 spiro atoms. The Morgan fingerprint density at radius 2 is 2.09 bits per heavy atom. The van der Waals surface area contributed by atoms with Crippen LogP contribution in [0.3, 0.4) is 0 Å². The fourth-order valence-corrected chi connectivity index (χ4v) is 6.49. The standard InChI is InChI=1S/C26H35BN2O5/c1-5-22(30)29-12-11-19(16-29)32-24(31)28-21(13-17-9-7-6-8-10-17)27-33-23-20-14-18(25(20,2)3)15-26(23,4)34-27/h5-10,18-21,23H,1,11-16H2,2-4H3,(H,28,31)/t18-,19-,20+,21-,23?,26+/m0/s1. The molecule has 6 atom stereocenters. The summed E-state index contributed by atoms with van der Waals surface area (Å²) in [6, 6.07) is 10.0. The maximum absolute atomic E-state index is 12.9. The molecule has 3 saturated carbocycles. The molecule has 3 aliphatic carbocycles. The van der Waals surface area contributed by atoms with E-state index in [-0.39, 0.29) is 35.1 Å². The van der Waals surface area contributed by atoms with Crippen LogP contribution in [0.25, 0.3) is 0 Å². The SMILES string of the molecule is C=CC(=O)N1CC[C@H](OC(=O)N[C@@H](Cc2ccccc2)B2OC3[C@H]4C[C@@H](C[C@@]3(C)O2)C4(C)C)C1. The quantitative estimate of drug-likeness (QED) is 0.514. The fraction of sp³-hybridized carbons (Fsp3) is 0.615. The highest BCUT2D eigenvalue weighted by atomic mass is 16.7. The largest absolute Gasteiger partial charge is 0.482 e. The second-order valence-electron chi connectivity index (χ2n) is 11.2. The lowest BCUT2D eigenvalue weighted by atomic mass is 9.45. The Morgan fingerprint density at radius 1 is 1.32 bits per heavy atom. The third kappa shape index (κ3) is 4.15. The molecule has 1 N–H and O–H groups in total. The van der Waals surface area contributed by atoms with Crippen molar-refractivity contribution >= 4 is 19.1 Å². The number of benzene rings is 1. The van der Waals surface area contributed by atoms with E-state index in [4.69, 9.17) is 14.0 Å². The minimum absolute atomic E-state index is 0.0295. The number of likely N-dealkylation sites (tertiary alicyclic amines) is 1. The van der Waals surface area contributed by atoms with E-state index in [0.29, 0.717) is 37.8 Å². The van der Waals surface area contributed by atoms with Crippen molar-refractivity contribution in [3.63, 3.8) is 0 Å². The van der Waals surface area contributed by atoms with Crippen LogP contribution in [-0.2, 0) is 25.3 Å². The number of ether oxygens (including phenoxy) is 1. The Kier molecular flexibility index (Phi) is 6.01. The summed E-state index contributed by atoms with van der Waals surface area (Å²) < 4.78 is 18.8. The van der Waals surface area contributed by atoms with Gasteiger partial charge in [-0.05, 0) is 55.1 Å². The van der Waals surface area contributed by atoms with Crippen molar-refractivity contribution in [1.82, 2.24) is 10.2 Å².